The molecule has 0 fully saturated rings. The average molecular weight is 216 g/mol. The second kappa shape index (κ2) is 3.44. The van der Waals surface area contributed by atoms with E-state index in [1.54, 1.807) is 6.07 Å². The van der Waals surface area contributed by atoms with E-state index in [9.17, 15) is 4.79 Å². The minimum absolute atomic E-state index is 0.0661. The zero-order valence-corrected chi connectivity index (χ0v) is 8.93. The molecule has 1 heterocycles. The lowest BCUT2D eigenvalue weighted by atomic mass is 10.1. The second-order valence-electron chi connectivity index (χ2n) is 3.34. The summed E-state index contributed by atoms with van der Waals surface area (Å²) in [5.41, 5.74) is 1.50. The molecule has 1 N–H and O–H groups in total. The molecule has 0 saturated heterocycles. The molecule has 15 heavy (non-hydrogen) atoms. The van der Waals surface area contributed by atoms with E-state index in [2.05, 4.69) is 17.6 Å². The highest BCUT2D eigenvalue weighted by molar-refractivity contribution is 7.80. The lowest BCUT2D eigenvalue weighted by Gasteiger charge is -2.02. The van der Waals surface area contributed by atoms with E-state index in [1.165, 1.54) is 0 Å². The summed E-state index contributed by atoms with van der Waals surface area (Å²) in [4.78, 5) is 14.8. The monoisotopic (exact) mass is 216 g/mol. The van der Waals surface area contributed by atoms with Crippen LogP contribution in [0.3, 0.4) is 0 Å². The summed E-state index contributed by atoms with van der Waals surface area (Å²) in [5, 5.41) is 9.66. The number of H-pyrrole nitrogens is 1. The van der Waals surface area contributed by atoms with Gasteiger partial charge in [-0.05, 0) is 19.1 Å². The van der Waals surface area contributed by atoms with Crippen molar-refractivity contribution in [3.63, 3.8) is 0 Å². The van der Waals surface area contributed by atoms with Gasteiger partial charge in [0.1, 0.15) is 11.6 Å². The number of fused-ring (bicyclic) bond motifs is 1. The number of nitrogens with zero attached hydrogens (tertiary/aromatic N) is 1. The number of thiol groups is 1. The molecule has 0 aliphatic carbocycles. The molecule has 74 valence electrons. The smallest absolute Gasteiger partial charge is 0.208 e. The minimum atomic E-state index is -0.264. The fourth-order valence-corrected chi connectivity index (χ4v) is 1.76. The van der Waals surface area contributed by atoms with Crippen molar-refractivity contribution < 1.29 is 0 Å². The van der Waals surface area contributed by atoms with E-state index in [-0.39, 0.29) is 11.0 Å². The normalized spacial score (nSPS) is 10.2. The van der Waals surface area contributed by atoms with E-state index in [1.807, 2.05) is 25.1 Å². The van der Waals surface area contributed by atoms with Crippen LogP contribution in [0.25, 0.3) is 10.9 Å². The Labute approximate surface area is 91.8 Å². The van der Waals surface area contributed by atoms with Crippen LogP contribution < -0.4 is 5.43 Å². The third-order valence-corrected chi connectivity index (χ3v) is 2.58. The number of nitriles is 1. The molecule has 3 nitrogen and oxygen atoms in total. The summed E-state index contributed by atoms with van der Waals surface area (Å²) in [7, 11) is 0. The minimum Gasteiger partial charge on any atom is -0.349 e. The molecule has 1 aromatic heterocycles. The standard InChI is InChI=1S/C11H8N2OS/c1-6-2-3-9-7(4-6)10(14)8(5-12)11(15)13-9/h2-4H,1H3,(H2,13,14,15). The van der Waals surface area contributed by atoms with Crippen LogP contribution in [-0.2, 0) is 0 Å². The number of aromatic nitrogens is 1. The third kappa shape index (κ3) is 1.51. The van der Waals surface area contributed by atoms with Crippen LogP contribution in [0.4, 0.5) is 0 Å². The quantitative estimate of drug-likeness (QED) is 0.662. The Morgan fingerprint density at radius 3 is 2.87 bits per heavy atom. The number of aryl methyl sites for hydroxylation is 1. The van der Waals surface area contributed by atoms with Gasteiger partial charge in [-0.3, -0.25) is 4.79 Å². The fraction of sp³-hybridized carbons (Fsp3) is 0.0909. The first-order valence-electron chi connectivity index (χ1n) is 4.39. The van der Waals surface area contributed by atoms with E-state index >= 15 is 0 Å². The molecule has 0 spiro atoms. The van der Waals surface area contributed by atoms with Crippen molar-refractivity contribution >= 4 is 23.5 Å². The molecule has 0 bridgehead atoms. The van der Waals surface area contributed by atoms with Crippen LogP contribution in [0.5, 0.6) is 0 Å². The lowest BCUT2D eigenvalue weighted by Crippen LogP contribution is -2.09. The molecular weight excluding hydrogens is 208 g/mol. The predicted octanol–water partition coefficient (Wildman–Crippen LogP) is 2.00. The van der Waals surface area contributed by atoms with Crippen molar-refractivity contribution in [2.45, 2.75) is 11.9 Å². The summed E-state index contributed by atoms with van der Waals surface area (Å²) in [6.07, 6.45) is 0. The van der Waals surface area contributed by atoms with Gasteiger partial charge in [0.05, 0.1) is 10.5 Å². The Bertz CT molecular complexity index is 637. The number of rotatable bonds is 0. The van der Waals surface area contributed by atoms with Crippen LogP contribution in [0.2, 0.25) is 0 Å². The lowest BCUT2D eigenvalue weighted by molar-refractivity contribution is 1.15. The van der Waals surface area contributed by atoms with Crippen LogP contribution in [0.15, 0.2) is 28.0 Å². The predicted molar refractivity (Wildman–Crippen MR) is 61.3 cm³/mol. The van der Waals surface area contributed by atoms with Gasteiger partial charge in [-0.25, -0.2) is 0 Å². The van der Waals surface area contributed by atoms with Crippen molar-refractivity contribution in [2.24, 2.45) is 0 Å². The molecule has 0 saturated carbocycles. The molecule has 0 unspecified atom stereocenters. The summed E-state index contributed by atoms with van der Waals surface area (Å²) in [6.45, 7) is 1.90. The summed E-state index contributed by atoms with van der Waals surface area (Å²) >= 11 is 4.07. The van der Waals surface area contributed by atoms with Gasteiger partial charge in [-0.15, -0.1) is 12.6 Å². The zero-order chi connectivity index (χ0) is 11.0. The molecule has 0 radical (unpaired) electrons. The summed E-state index contributed by atoms with van der Waals surface area (Å²) < 4.78 is 0. The topological polar surface area (TPSA) is 56.6 Å². The molecular formula is C11H8N2OS. The molecule has 0 aliphatic heterocycles. The maximum Gasteiger partial charge on any atom is 0.208 e. The summed E-state index contributed by atoms with van der Waals surface area (Å²) in [5.74, 6) is 0. The van der Waals surface area contributed by atoms with Crippen LogP contribution in [0.1, 0.15) is 11.1 Å². The van der Waals surface area contributed by atoms with Gasteiger partial charge >= 0.3 is 0 Å². The van der Waals surface area contributed by atoms with Crippen LogP contribution in [0, 0.1) is 18.3 Å². The largest absolute Gasteiger partial charge is 0.349 e. The highest BCUT2D eigenvalue weighted by atomic mass is 32.1. The average Bonchev–Trinajstić information content (AvgIpc) is 2.20. The summed E-state index contributed by atoms with van der Waals surface area (Å²) in [6, 6.07) is 7.33. The number of hydrogen-bond acceptors (Lipinski definition) is 3. The molecule has 2 rings (SSSR count). The molecule has 0 aliphatic rings. The number of benzene rings is 1. The van der Waals surface area contributed by atoms with Gasteiger partial charge < -0.3 is 4.98 Å². The Hall–Kier alpha value is -1.73. The number of pyridine rings is 1. The zero-order valence-electron chi connectivity index (χ0n) is 8.03. The number of aromatic amines is 1. The third-order valence-electron chi connectivity index (χ3n) is 2.25. The van der Waals surface area contributed by atoms with Gasteiger partial charge in [0.25, 0.3) is 0 Å². The highest BCUT2D eigenvalue weighted by Crippen LogP contribution is 2.14. The van der Waals surface area contributed by atoms with Gasteiger partial charge in [0.2, 0.25) is 5.43 Å². The maximum absolute atomic E-state index is 11.8. The van der Waals surface area contributed by atoms with E-state index < -0.39 is 0 Å². The first-order valence-corrected chi connectivity index (χ1v) is 4.84. The van der Waals surface area contributed by atoms with Gasteiger partial charge in [0, 0.05) is 5.39 Å². The molecule has 4 heteroatoms. The van der Waals surface area contributed by atoms with Crippen molar-refractivity contribution in [3.8, 4) is 6.07 Å². The number of hydrogen-bond donors (Lipinski definition) is 2. The Kier molecular flexibility index (Phi) is 2.25. The van der Waals surface area contributed by atoms with Crippen molar-refractivity contribution in [2.75, 3.05) is 0 Å². The van der Waals surface area contributed by atoms with Crippen LogP contribution >= 0.6 is 12.6 Å². The first kappa shape index (κ1) is 9.81. The SMILES string of the molecule is Cc1ccc2[nH]c(S)c(C#N)c(=O)c2c1. The highest BCUT2D eigenvalue weighted by Gasteiger charge is 2.08. The molecule has 2 aromatic rings. The molecule has 1 aromatic carbocycles. The van der Waals surface area contributed by atoms with E-state index in [4.69, 9.17) is 5.26 Å². The molecule has 0 atom stereocenters. The molecule has 0 amide bonds. The van der Waals surface area contributed by atoms with Crippen LogP contribution in [-0.4, -0.2) is 4.98 Å². The number of nitrogens with one attached hydrogen (secondary N) is 1. The Morgan fingerprint density at radius 1 is 1.47 bits per heavy atom. The first-order chi connectivity index (χ1) is 7.13. The van der Waals surface area contributed by atoms with Gasteiger partial charge in [-0.2, -0.15) is 5.26 Å². The van der Waals surface area contributed by atoms with E-state index in [0.717, 1.165) is 5.56 Å². The van der Waals surface area contributed by atoms with E-state index in [0.29, 0.717) is 15.9 Å². The Morgan fingerprint density at radius 2 is 2.20 bits per heavy atom. The van der Waals surface area contributed by atoms with Gasteiger partial charge in [-0.1, -0.05) is 11.6 Å². The fourth-order valence-electron chi connectivity index (χ4n) is 1.49. The van der Waals surface area contributed by atoms with Gasteiger partial charge in [0.15, 0.2) is 0 Å². The second-order valence-corrected chi connectivity index (χ2v) is 3.79. The van der Waals surface area contributed by atoms with Crippen molar-refractivity contribution in [1.82, 2.24) is 4.98 Å². The van der Waals surface area contributed by atoms with Crippen molar-refractivity contribution in [1.29, 1.82) is 5.26 Å². The van der Waals surface area contributed by atoms with Crippen molar-refractivity contribution in [3.05, 3.63) is 39.5 Å². The maximum atomic E-state index is 11.8. The Balaban J connectivity index is 3.01.